The molecule has 1 aromatic carbocycles. The van der Waals surface area contributed by atoms with E-state index in [1.54, 1.807) is 17.0 Å². The zero-order valence-electron chi connectivity index (χ0n) is 11.4. The first kappa shape index (κ1) is 14.2. The van der Waals surface area contributed by atoms with Crippen LogP contribution in [-0.2, 0) is 0 Å². The number of aromatic amines is 1. The zero-order valence-corrected chi connectivity index (χ0v) is 11.4. The number of benzene rings is 1. The van der Waals surface area contributed by atoms with Crippen LogP contribution < -0.4 is 0 Å². The highest BCUT2D eigenvalue weighted by Crippen LogP contribution is 2.16. The SMILES string of the molecule is CCCN(CCO)C(=O)c1cccc(-c2ncn[nH]2)c1. The van der Waals surface area contributed by atoms with Crippen molar-refractivity contribution in [2.45, 2.75) is 13.3 Å². The predicted octanol–water partition coefficient (Wildman–Crippen LogP) is 1.32. The topological polar surface area (TPSA) is 82.1 Å². The Labute approximate surface area is 117 Å². The molecule has 1 amide bonds. The standard InChI is InChI=1S/C14H18N4O2/c1-2-6-18(7-8-19)14(20)12-5-3-4-11(9-12)13-15-10-16-17-13/h3-5,9-10,19H,2,6-8H2,1H3,(H,15,16,17). The van der Waals surface area contributed by atoms with E-state index >= 15 is 0 Å². The molecule has 2 rings (SSSR count). The number of amides is 1. The van der Waals surface area contributed by atoms with Gasteiger partial charge in [-0.1, -0.05) is 19.1 Å². The monoisotopic (exact) mass is 274 g/mol. The molecule has 0 saturated carbocycles. The summed E-state index contributed by atoms with van der Waals surface area (Å²) in [7, 11) is 0. The van der Waals surface area contributed by atoms with Crippen LogP contribution in [0.1, 0.15) is 23.7 Å². The van der Waals surface area contributed by atoms with E-state index in [1.807, 2.05) is 19.1 Å². The number of carbonyl (C=O) groups is 1. The largest absolute Gasteiger partial charge is 0.395 e. The highest BCUT2D eigenvalue weighted by Gasteiger charge is 2.15. The minimum Gasteiger partial charge on any atom is -0.395 e. The molecule has 0 radical (unpaired) electrons. The fourth-order valence-electron chi connectivity index (χ4n) is 2.03. The maximum Gasteiger partial charge on any atom is 0.253 e. The van der Waals surface area contributed by atoms with Crippen LogP contribution >= 0.6 is 0 Å². The van der Waals surface area contributed by atoms with Gasteiger partial charge in [0.1, 0.15) is 6.33 Å². The number of nitrogens with zero attached hydrogens (tertiary/aromatic N) is 3. The first-order chi connectivity index (χ1) is 9.76. The number of aliphatic hydroxyl groups excluding tert-OH is 1. The summed E-state index contributed by atoms with van der Waals surface area (Å²) in [6.45, 7) is 2.95. The van der Waals surface area contributed by atoms with Gasteiger partial charge in [0.05, 0.1) is 6.61 Å². The Bertz CT molecular complexity index is 548. The number of hydrogen-bond acceptors (Lipinski definition) is 4. The second kappa shape index (κ2) is 6.81. The number of hydrogen-bond donors (Lipinski definition) is 2. The Morgan fingerprint density at radius 2 is 2.25 bits per heavy atom. The average molecular weight is 274 g/mol. The van der Waals surface area contributed by atoms with Crippen LogP contribution in [0, 0.1) is 0 Å². The maximum absolute atomic E-state index is 12.4. The molecule has 1 heterocycles. The fourth-order valence-corrected chi connectivity index (χ4v) is 2.03. The zero-order chi connectivity index (χ0) is 14.4. The molecule has 20 heavy (non-hydrogen) atoms. The van der Waals surface area contributed by atoms with E-state index in [9.17, 15) is 4.79 Å². The molecule has 0 aliphatic carbocycles. The normalized spacial score (nSPS) is 10.5. The number of nitrogens with one attached hydrogen (secondary N) is 1. The Hall–Kier alpha value is -2.21. The van der Waals surface area contributed by atoms with Crippen molar-refractivity contribution in [3.63, 3.8) is 0 Å². The van der Waals surface area contributed by atoms with Crippen LogP contribution in [0.3, 0.4) is 0 Å². The molecule has 0 unspecified atom stereocenters. The van der Waals surface area contributed by atoms with Crippen molar-refractivity contribution >= 4 is 5.91 Å². The lowest BCUT2D eigenvalue weighted by atomic mass is 10.1. The molecule has 0 atom stereocenters. The van der Waals surface area contributed by atoms with Gasteiger partial charge in [0.25, 0.3) is 5.91 Å². The van der Waals surface area contributed by atoms with Crippen LogP contribution in [0.4, 0.5) is 0 Å². The molecule has 6 nitrogen and oxygen atoms in total. The number of aromatic nitrogens is 3. The molecule has 6 heteroatoms. The lowest BCUT2D eigenvalue weighted by Gasteiger charge is -2.21. The quantitative estimate of drug-likeness (QED) is 0.832. The number of aliphatic hydroxyl groups is 1. The molecule has 0 bridgehead atoms. The number of rotatable bonds is 6. The van der Waals surface area contributed by atoms with E-state index in [0.717, 1.165) is 12.0 Å². The highest BCUT2D eigenvalue weighted by molar-refractivity contribution is 5.95. The van der Waals surface area contributed by atoms with Crippen molar-refractivity contribution < 1.29 is 9.90 Å². The van der Waals surface area contributed by atoms with Crippen molar-refractivity contribution in [2.75, 3.05) is 19.7 Å². The summed E-state index contributed by atoms with van der Waals surface area (Å²) in [5, 5.41) is 15.6. The van der Waals surface area contributed by atoms with E-state index < -0.39 is 0 Å². The van der Waals surface area contributed by atoms with Gasteiger partial charge in [-0.3, -0.25) is 9.89 Å². The van der Waals surface area contributed by atoms with Crippen molar-refractivity contribution in [3.8, 4) is 11.4 Å². The predicted molar refractivity (Wildman–Crippen MR) is 75.1 cm³/mol. The molecule has 0 spiro atoms. The molecule has 0 aliphatic heterocycles. The third-order valence-electron chi connectivity index (χ3n) is 2.95. The molecular weight excluding hydrogens is 256 g/mol. The van der Waals surface area contributed by atoms with Crippen molar-refractivity contribution in [1.29, 1.82) is 0 Å². The van der Waals surface area contributed by atoms with Crippen LogP contribution in [0.5, 0.6) is 0 Å². The molecular formula is C14H18N4O2. The Balaban J connectivity index is 2.23. The fraction of sp³-hybridized carbons (Fsp3) is 0.357. The first-order valence-electron chi connectivity index (χ1n) is 6.62. The van der Waals surface area contributed by atoms with Gasteiger partial charge >= 0.3 is 0 Å². The van der Waals surface area contributed by atoms with Gasteiger partial charge in [0, 0.05) is 24.2 Å². The van der Waals surface area contributed by atoms with Crippen LogP contribution in [-0.4, -0.2) is 50.8 Å². The van der Waals surface area contributed by atoms with Gasteiger partial charge in [-0.2, -0.15) is 5.10 Å². The third-order valence-corrected chi connectivity index (χ3v) is 2.95. The van der Waals surface area contributed by atoms with E-state index in [-0.39, 0.29) is 12.5 Å². The molecule has 2 aromatic rings. The lowest BCUT2D eigenvalue weighted by Crippen LogP contribution is -2.34. The van der Waals surface area contributed by atoms with Gasteiger partial charge in [0.15, 0.2) is 5.82 Å². The maximum atomic E-state index is 12.4. The minimum atomic E-state index is -0.0812. The van der Waals surface area contributed by atoms with Gasteiger partial charge in [-0.25, -0.2) is 4.98 Å². The van der Waals surface area contributed by atoms with Gasteiger partial charge in [0.2, 0.25) is 0 Å². The van der Waals surface area contributed by atoms with E-state index in [1.165, 1.54) is 6.33 Å². The summed E-state index contributed by atoms with van der Waals surface area (Å²) in [5.74, 6) is 0.547. The highest BCUT2D eigenvalue weighted by atomic mass is 16.3. The summed E-state index contributed by atoms with van der Waals surface area (Å²) in [4.78, 5) is 18.1. The molecule has 2 N–H and O–H groups in total. The smallest absolute Gasteiger partial charge is 0.253 e. The van der Waals surface area contributed by atoms with Crippen LogP contribution in [0.15, 0.2) is 30.6 Å². The van der Waals surface area contributed by atoms with Gasteiger partial charge in [-0.05, 0) is 18.6 Å². The average Bonchev–Trinajstić information content (AvgIpc) is 3.01. The van der Waals surface area contributed by atoms with E-state index in [4.69, 9.17) is 5.11 Å². The summed E-state index contributed by atoms with van der Waals surface area (Å²) < 4.78 is 0. The second-order valence-corrected chi connectivity index (χ2v) is 4.43. The van der Waals surface area contributed by atoms with Crippen molar-refractivity contribution in [3.05, 3.63) is 36.2 Å². The Kier molecular flexibility index (Phi) is 4.84. The van der Waals surface area contributed by atoms with Crippen LogP contribution in [0.2, 0.25) is 0 Å². The minimum absolute atomic E-state index is 0.0342. The Morgan fingerprint density at radius 1 is 1.40 bits per heavy atom. The first-order valence-corrected chi connectivity index (χ1v) is 6.62. The number of H-pyrrole nitrogens is 1. The van der Waals surface area contributed by atoms with Gasteiger partial charge < -0.3 is 10.0 Å². The summed E-state index contributed by atoms with van der Waals surface area (Å²) >= 11 is 0. The third kappa shape index (κ3) is 3.21. The van der Waals surface area contributed by atoms with Crippen molar-refractivity contribution in [1.82, 2.24) is 20.1 Å². The lowest BCUT2D eigenvalue weighted by molar-refractivity contribution is 0.0722. The van der Waals surface area contributed by atoms with E-state index in [0.29, 0.717) is 24.5 Å². The van der Waals surface area contributed by atoms with Crippen LogP contribution in [0.25, 0.3) is 11.4 Å². The molecule has 0 aliphatic rings. The second-order valence-electron chi connectivity index (χ2n) is 4.43. The van der Waals surface area contributed by atoms with Crippen molar-refractivity contribution in [2.24, 2.45) is 0 Å². The van der Waals surface area contributed by atoms with E-state index in [2.05, 4.69) is 15.2 Å². The summed E-state index contributed by atoms with van der Waals surface area (Å²) in [6, 6.07) is 7.23. The molecule has 106 valence electrons. The Morgan fingerprint density at radius 3 is 2.90 bits per heavy atom. The van der Waals surface area contributed by atoms with Gasteiger partial charge in [-0.15, -0.1) is 0 Å². The molecule has 0 fully saturated rings. The summed E-state index contributed by atoms with van der Waals surface area (Å²) in [6.07, 6.45) is 2.28. The summed E-state index contributed by atoms with van der Waals surface area (Å²) in [5.41, 5.74) is 1.40. The molecule has 1 aromatic heterocycles. The molecule has 0 saturated heterocycles. The number of carbonyl (C=O) groups excluding carboxylic acids is 1.